The molecule has 0 spiro atoms. The van der Waals surface area contributed by atoms with Crippen LogP contribution in [0.15, 0.2) is 12.4 Å². The number of aromatic nitrogens is 2. The summed E-state index contributed by atoms with van der Waals surface area (Å²) in [5.41, 5.74) is 0. The highest BCUT2D eigenvalue weighted by atomic mass is 16.5. The summed E-state index contributed by atoms with van der Waals surface area (Å²) in [7, 11) is 0. The molecule has 1 aliphatic heterocycles. The van der Waals surface area contributed by atoms with Gasteiger partial charge in [0.05, 0.1) is 6.54 Å². The summed E-state index contributed by atoms with van der Waals surface area (Å²) >= 11 is 0. The van der Waals surface area contributed by atoms with Crippen molar-refractivity contribution in [2.24, 2.45) is 0 Å². The van der Waals surface area contributed by atoms with Gasteiger partial charge in [0.15, 0.2) is 0 Å². The first kappa shape index (κ1) is 9.68. The zero-order valence-corrected chi connectivity index (χ0v) is 8.33. The maximum absolute atomic E-state index is 5.40. The normalized spacial score (nSPS) is 23.3. The van der Waals surface area contributed by atoms with Gasteiger partial charge in [0.1, 0.15) is 5.82 Å². The minimum atomic E-state index is 0.586. The number of nitrogens with one attached hydrogen (secondary N) is 2. The Balaban J connectivity index is 1.73. The van der Waals surface area contributed by atoms with E-state index in [1.165, 1.54) is 6.42 Å². The van der Waals surface area contributed by atoms with E-state index in [4.69, 9.17) is 4.74 Å². The Morgan fingerprint density at radius 3 is 3.36 bits per heavy atom. The van der Waals surface area contributed by atoms with E-state index >= 15 is 0 Å². The number of hydrogen-bond donors (Lipinski definition) is 2. The Morgan fingerprint density at radius 2 is 2.50 bits per heavy atom. The van der Waals surface area contributed by atoms with Crippen LogP contribution in [-0.4, -0.2) is 29.2 Å². The molecule has 2 N–H and O–H groups in total. The lowest BCUT2D eigenvalue weighted by molar-refractivity contribution is 0.142. The summed E-state index contributed by atoms with van der Waals surface area (Å²) in [6.07, 6.45) is 7.12. The quantitative estimate of drug-likeness (QED) is 0.758. The topological polar surface area (TPSA) is 49.9 Å². The highest BCUT2D eigenvalue weighted by Gasteiger charge is 2.11. The van der Waals surface area contributed by atoms with Gasteiger partial charge in [-0.3, -0.25) is 0 Å². The van der Waals surface area contributed by atoms with Gasteiger partial charge in [-0.15, -0.1) is 0 Å². The SMILES string of the molecule is c1c[nH]c(CNC2CCCOCC2)n1. The molecule has 4 nitrogen and oxygen atoms in total. The number of rotatable bonds is 3. The van der Waals surface area contributed by atoms with Crippen molar-refractivity contribution in [3.8, 4) is 0 Å². The van der Waals surface area contributed by atoms with Gasteiger partial charge in [-0.2, -0.15) is 0 Å². The predicted octanol–water partition coefficient (Wildman–Crippen LogP) is 1.07. The molecule has 2 heterocycles. The largest absolute Gasteiger partial charge is 0.381 e. The van der Waals surface area contributed by atoms with E-state index in [1.54, 1.807) is 6.20 Å². The van der Waals surface area contributed by atoms with E-state index in [0.29, 0.717) is 6.04 Å². The molecule has 0 bridgehead atoms. The fraction of sp³-hybridized carbons (Fsp3) is 0.700. The monoisotopic (exact) mass is 195 g/mol. The van der Waals surface area contributed by atoms with Crippen LogP contribution >= 0.6 is 0 Å². The van der Waals surface area contributed by atoms with Gasteiger partial charge in [-0.05, 0) is 19.3 Å². The second kappa shape index (κ2) is 5.12. The molecule has 0 aliphatic carbocycles. The summed E-state index contributed by atoms with van der Waals surface area (Å²) in [6, 6.07) is 0.586. The van der Waals surface area contributed by atoms with Crippen molar-refractivity contribution in [1.82, 2.24) is 15.3 Å². The lowest BCUT2D eigenvalue weighted by Crippen LogP contribution is -2.29. The molecule has 0 radical (unpaired) electrons. The molecule has 1 atom stereocenters. The average molecular weight is 195 g/mol. The standard InChI is InChI=1S/C10H17N3O/c1-2-9(3-7-14-6-1)13-8-10-11-4-5-12-10/h4-5,9,13H,1-3,6-8H2,(H,11,12). The fourth-order valence-corrected chi connectivity index (χ4v) is 1.74. The van der Waals surface area contributed by atoms with Crippen molar-refractivity contribution in [3.05, 3.63) is 18.2 Å². The molecule has 0 saturated carbocycles. The average Bonchev–Trinajstić information content (AvgIpc) is 2.58. The third-order valence-electron chi connectivity index (χ3n) is 2.56. The van der Waals surface area contributed by atoms with E-state index in [9.17, 15) is 0 Å². The van der Waals surface area contributed by atoms with Gasteiger partial charge in [-0.25, -0.2) is 4.98 Å². The molecule has 0 aromatic carbocycles. The molecule has 4 heteroatoms. The van der Waals surface area contributed by atoms with Crippen LogP contribution in [0, 0.1) is 0 Å². The van der Waals surface area contributed by atoms with Crippen molar-refractivity contribution in [2.75, 3.05) is 13.2 Å². The second-order valence-corrected chi connectivity index (χ2v) is 3.66. The number of aromatic amines is 1. The minimum Gasteiger partial charge on any atom is -0.381 e. The Kier molecular flexibility index (Phi) is 3.54. The van der Waals surface area contributed by atoms with Crippen molar-refractivity contribution < 1.29 is 4.74 Å². The predicted molar refractivity (Wildman–Crippen MR) is 53.9 cm³/mol. The molecule has 1 saturated heterocycles. The molecule has 78 valence electrons. The summed E-state index contributed by atoms with van der Waals surface area (Å²) in [6.45, 7) is 2.63. The lowest BCUT2D eigenvalue weighted by Gasteiger charge is -2.14. The van der Waals surface area contributed by atoms with Gasteiger partial charge < -0.3 is 15.0 Å². The number of ether oxygens (including phenoxy) is 1. The van der Waals surface area contributed by atoms with E-state index < -0.39 is 0 Å². The third-order valence-corrected chi connectivity index (χ3v) is 2.56. The van der Waals surface area contributed by atoms with Gasteiger partial charge >= 0.3 is 0 Å². The van der Waals surface area contributed by atoms with Crippen molar-refractivity contribution >= 4 is 0 Å². The van der Waals surface area contributed by atoms with Crippen LogP contribution in [0.25, 0.3) is 0 Å². The maximum Gasteiger partial charge on any atom is 0.120 e. The van der Waals surface area contributed by atoms with Gasteiger partial charge in [0.2, 0.25) is 0 Å². The Morgan fingerprint density at radius 1 is 1.50 bits per heavy atom. The molecule has 2 rings (SSSR count). The first-order chi connectivity index (χ1) is 6.95. The molecule has 1 fully saturated rings. The number of H-pyrrole nitrogens is 1. The van der Waals surface area contributed by atoms with Gasteiger partial charge in [0, 0.05) is 31.6 Å². The van der Waals surface area contributed by atoms with Crippen molar-refractivity contribution in [3.63, 3.8) is 0 Å². The Labute approximate surface area is 84.1 Å². The molecule has 1 aliphatic rings. The van der Waals surface area contributed by atoms with E-state index in [2.05, 4.69) is 15.3 Å². The smallest absolute Gasteiger partial charge is 0.120 e. The van der Waals surface area contributed by atoms with Crippen LogP contribution in [0.3, 0.4) is 0 Å². The molecule has 1 unspecified atom stereocenters. The van der Waals surface area contributed by atoms with Gasteiger partial charge in [-0.1, -0.05) is 0 Å². The highest BCUT2D eigenvalue weighted by molar-refractivity contribution is 4.87. The number of nitrogens with zero attached hydrogens (tertiary/aromatic N) is 1. The molecule has 1 aromatic heterocycles. The first-order valence-corrected chi connectivity index (χ1v) is 5.24. The zero-order chi connectivity index (χ0) is 9.64. The van der Waals surface area contributed by atoms with Crippen LogP contribution < -0.4 is 5.32 Å². The molecule has 1 aromatic rings. The van der Waals surface area contributed by atoms with Crippen LogP contribution in [0.1, 0.15) is 25.1 Å². The maximum atomic E-state index is 5.40. The van der Waals surface area contributed by atoms with E-state index in [-0.39, 0.29) is 0 Å². The van der Waals surface area contributed by atoms with Gasteiger partial charge in [0.25, 0.3) is 0 Å². The zero-order valence-electron chi connectivity index (χ0n) is 8.33. The van der Waals surface area contributed by atoms with Crippen LogP contribution in [-0.2, 0) is 11.3 Å². The van der Waals surface area contributed by atoms with Crippen LogP contribution in [0.5, 0.6) is 0 Å². The molecule has 14 heavy (non-hydrogen) atoms. The fourth-order valence-electron chi connectivity index (χ4n) is 1.74. The number of hydrogen-bond acceptors (Lipinski definition) is 3. The highest BCUT2D eigenvalue weighted by Crippen LogP contribution is 2.08. The van der Waals surface area contributed by atoms with E-state index in [1.807, 2.05) is 6.20 Å². The van der Waals surface area contributed by atoms with E-state index in [0.717, 1.165) is 38.4 Å². The Bertz CT molecular complexity index is 240. The second-order valence-electron chi connectivity index (χ2n) is 3.66. The lowest BCUT2D eigenvalue weighted by atomic mass is 10.1. The minimum absolute atomic E-state index is 0.586. The molecular formula is C10H17N3O. The first-order valence-electron chi connectivity index (χ1n) is 5.24. The van der Waals surface area contributed by atoms with Crippen LogP contribution in [0.2, 0.25) is 0 Å². The molecule has 0 amide bonds. The Hall–Kier alpha value is -0.870. The summed E-state index contributed by atoms with van der Waals surface area (Å²) < 4.78 is 5.40. The summed E-state index contributed by atoms with van der Waals surface area (Å²) in [5, 5.41) is 3.49. The summed E-state index contributed by atoms with van der Waals surface area (Å²) in [4.78, 5) is 7.26. The third kappa shape index (κ3) is 2.82. The van der Waals surface area contributed by atoms with Crippen molar-refractivity contribution in [2.45, 2.75) is 31.8 Å². The number of imidazole rings is 1. The summed E-state index contributed by atoms with van der Waals surface area (Å²) in [5.74, 6) is 1.01. The molecular weight excluding hydrogens is 178 g/mol. The van der Waals surface area contributed by atoms with Crippen LogP contribution in [0.4, 0.5) is 0 Å². The van der Waals surface area contributed by atoms with Crippen molar-refractivity contribution in [1.29, 1.82) is 0 Å².